The minimum absolute atomic E-state index is 0.0214. The Morgan fingerprint density at radius 3 is 2.70 bits per heavy atom. The smallest absolute Gasteiger partial charge is 0.251 e. The van der Waals surface area contributed by atoms with Crippen molar-refractivity contribution in [2.75, 3.05) is 32.8 Å². The Bertz CT molecular complexity index is 747. The van der Waals surface area contributed by atoms with E-state index in [0.29, 0.717) is 12.1 Å². The van der Waals surface area contributed by atoms with Crippen molar-refractivity contribution >= 4 is 5.91 Å². The molecular weight excluding hydrogens is 340 g/mol. The minimum Gasteiger partial charge on any atom is -0.381 e. The number of nitrogens with zero attached hydrogens (tertiary/aromatic N) is 3. The number of nitrogens with one attached hydrogen (secondary N) is 1. The number of piperidine rings is 1. The van der Waals surface area contributed by atoms with Crippen LogP contribution < -0.4 is 5.32 Å². The van der Waals surface area contributed by atoms with Crippen LogP contribution in [0.1, 0.15) is 42.5 Å². The van der Waals surface area contributed by atoms with Crippen molar-refractivity contribution < 1.29 is 9.53 Å². The van der Waals surface area contributed by atoms with Crippen LogP contribution in [0.2, 0.25) is 0 Å². The molecular formula is C21H28N4O2. The maximum Gasteiger partial charge on any atom is 0.251 e. The van der Waals surface area contributed by atoms with Gasteiger partial charge in [0.15, 0.2) is 0 Å². The summed E-state index contributed by atoms with van der Waals surface area (Å²) in [6.07, 6.45) is 9.41. The van der Waals surface area contributed by atoms with Crippen molar-refractivity contribution in [1.82, 2.24) is 20.0 Å². The molecule has 0 radical (unpaired) electrons. The van der Waals surface area contributed by atoms with Gasteiger partial charge in [0.2, 0.25) is 0 Å². The van der Waals surface area contributed by atoms with Gasteiger partial charge in [0.1, 0.15) is 0 Å². The lowest BCUT2D eigenvalue weighted by Crippen LogP contribution is -2.59. The predicted molar refractivity (Wildman–Crippen MR) is 104 cm³/mol. The third-order valence-corrected chi connectivity index (χ3v) is 5.91. The molecule has 1 aromatic carbocycles. The van der Waals surface area contributed by atoms with E-state index in [0.717, 1.165) is 44.8 Å². The summed E-state index contributed by atoms with van der Waals surface area (Å²) >= 11 is 0. The molecule has 2 saturated heterocycles. The second kappa shape index (κ2) is 8.23. The molecule has 4 rings (SSSR count). The number of carbonyl (C=O) groups is 1. The van der Waals surface area contributed by atoms with Crippen LogP contribution in [0.15, 0.2) is 42.7 Å². The van der Waals surface area contributed by atoms with Crippen molar-refractivity contribution in [3.63, 3.8) is 0 Å². The molecule has 2 fully saturated rings. The monoisotopic (exact) mass is 368 g/mol. The highest BCUT2D eigenvalue weighted by Crippen LogP contribution is 2.30. The number of hydrogen-bond donors (Lipinski definition) is 1. The van der Waals surface area contributed by atoms with E-state index in [2.05, 4.69) is 15.3 Å². The standard InChI is InChI=1S/C21H28N4O2/c26-20(18-6-4-7-19(16-18)25-13-5-10-23-25)22-17-21(8-14-27-15-9-21)24-11-2-1-3-12-24/h4-7,10,13,16H,1-3,8-9,11-12,14-15,17H2,(H,22,26). The zero-order valence-corrected chi connectivity index (χ0v) is 15.8. The van der Waals surface area contributed by atoms with Crippen molar-refractivity contribution in [2.24, 2.45) is 0 Å². The first-order valence-electron chi connectivity index (χ1n) is 9.98. The summed E-state index contributed by atoms with van der Waals surface area (Å²) in [5, 5.41) is 7.46. The summed E-state index contributed by atoms with van der Waals surface area (Å²) < 4.78 is 7.38. The van der Waals surface area contributed by atoms with Gasteiger partial charge < -0.3 is 10.1 Å². The maximum atomic E-state index is 12.8. The molecule has 0 bridgehead atoms. The van der Waals surface area contributed by atoms with Crippen LogP contribution >= 0.6 is 0 Å². The molecule has 6 heteroatoms. The number of amides is 1. The lowest BCUT2D eigenvalue weighted by atomic mass is 9.86. The van der Waals surface area contributed by atoms with Crippen molar-refractivity contribution in [3.05, 3.63) is 48.3 Å². The van der Waals surface area contributed by atoms with E-state index in [9.17, 15) is 4.79 Å². The first kappa shape index (κ1) is 18.2. The maximum absolute atomic E-state index is 12.8. The molecule has 0 spiro atoms. The molecule has 0 atom stereocenters. The van der Waals surface area contributed by atoms with Gasteiger partial charge in [0, 0.05) is 43.3 Å². The van der Waals surface area contributed by atoms with Crippen LogP contribution in [0.4, 0.5) is 0 Å². The highest BCUT2D eigenvalue weighted by molar-refractivity contribution is 5.94. The van der Waals surface area contributed by atoms with Gasteiger partial charge in [-0.3, -0.25) is 9.69 Å². The number of hydrogen-bond acceptors (Lipinski definition) is 4. The zero-order valence-electron chi connectivity index (χ0n) is 15.8. The molecule has 0 unspecified atom stereocenters. The first-order chi connectivity index (χ1) is 13.3. The Balaban J connectivity index is 1.46. The van der Waals surface area contributed by atoms with Gasteiger partial charge in [-0.1, -0.05) is 12.5 Å². The van der Waals surface area contributed by atoms with Gasteiger partial charge >= 0.3 is 0 Å². The third kappa shape index (κ3) is 4.06. The minimum atomic E-state index is -0.0214. The molecule has 6 nitrogen and oxygen atoms in total. The van der Waals surface area contributed by atoms with Crippen LogP contribution in [0.5, 0.6) is 0 Å². The SMILES string of the molecule is O=C(NCC1(N2CCCCC2)CCOCC1)c1cccc(-n2cccn2)c1. The van der Waals surface area contributed by atoms with Crippen LogP contribution in [0.3, 0.4) is 0 Å². The molecule has 3 heterocycles. The lowest BCUT2D eigenvalue weighted by Gasteiger charge is -2.48. The molecule has 1 N–H and O–H groups in total. The first-order valence-corrected chi connectivity index (χ1v) is 9.98. The van der Waals surface area contributed by atoms with Crippen LogP contribution in [-0.4, -0.2) is 59.0 Å². The van der Waals surface area contributed by atoms with E-state index >= 15 is 0 Å². The van der Waals surface area contributed by atoms with Gasteiger partial charge in [0.25, 0.3) is 5.91 Å². The van der Waals surface area contributed by atoms with E-state index in [1.54, 1.807) is 10.9 Å². The quantitative estimate of drug-likeness (QED) is 0.881. The van der Waals surface area contributed by atoms with Crippen LogP contribution in [0.25, 0.3) is 5.69 Å². The Hall–Kier alpha value is -2.18. The fourth-order valence-electron chi connectivity index (χ4n) is 4.28. The largest absolute Gasteiger partial charge is 0.381 e. The van der Waals surface area contributed by atoms with Crippen molar-refractivity contribution in [3.8, 4) is 5.69 Å². The molecule has 1 aromatic heterocycles. The van der Waals surface area contributed by atoms with Crippen LogP contribution in [-0.2, 0) is 4.74 Å². The molecule has 2 aliphatic heterocycles. The van der Waals surface area contributed by atoms with E-state index in [1.807, 2.05) is 36.5 Å². The van der Waals surface area contributed by atoms with E-state index in [4.69, 9.17) is 4.74 Å². The molecule has 0 aliphatic carbocycles. The molecule has 2 aliphatic rings. The fraction of sp³-hybridized carbons (Fsp3) is 0.524. The van der Waals surface area contributed by atoms with Gasteiger partial charge in [-0.2, -0.15) is 5.10 Å². The topological polar surface area (TPSA) is 59.4 Å². The van der Waals surface area contributed by atoms with Gasteiger partial charge in [-0.25, -0.2) is 4.68 Å². The molecule has 1 amide bonds. The summed E-state index contributed by atoms with van der Waals surface area (Å²) in [5.41, 5.74) is 1.60. The summed E-state index contributed by atoms with van der Waals surface area (Å²) in [5.74, 6) is -0.0214. The summed E-state index contributed by atoms with van der Waals surface area (Å²) in [4.78, 5) is 15.4. The van der Waals surface area contributed by atoms with Crippen molar-refractivity contribution in [2.45, 2.75) is 37.6 Å². The number of carbonyl (C=O) groups excluding carboxylic acids is 1. The predicted octanol–water partition coefficient (Wildman–Crippen LogP) is 2.64. The third-order valence-electron chi connectivity index (χ3n) is 5.91. The number of ether oxygens (including phenoxy) is 1. The van der Waals surface area contributed by atoms with Crippen LogP contribution in [0, 0.1) is 0 Å². The number of rotatable bonds is 5. The lowest BCUT2D eigenvalue weighted by molar-refractivity contribution is -0.0349. The van der Waals surface area contributed by atoms with Gasteiger partial charge in [-0.05, 0) is 63.0 Å². The fourth-order valence-corrected chi connectivity index (χ4v) is 4.28. The Morgan fingerprint density at radius 1 is 1.15 bits per heavy atom. The van der Waals surface area contributed by atoms with E-state index < -0.39 is 0 Å². The van der Waals surface area contributed by atoms with Crippen molar-refractivity contribution in [1.29, 1.82) is 0 Å². The number of benzene rings is 1. The van der Waals surface area contributed by atoms with Gasteiger partial charge in [0.05, 0.1) is 5.69 Å². The highest BCUT2D eigenvalue weighted by Gasteiger charge is 2.39. The molecule has 144 valence electrons. The number of likely N-dealkylation sites (tertiary alicyclic amines) is 1. The van der Waals surface area contributed by atoms with E-state index in [1.165, 1.54) is 19.3 Å². The van der Waals surface area contributed by atoms with Gasteiger partial charge in [-0.15, -0.1) is 0 Å². The number of aromatic nitrogens is 2. The normalized spacial score (nSPS) is 20.3. The highest BCUT2D eigenvalue weighted by atomic mass is 16.5. The molecule has 27 heavy (non-hydrogen) atoms. The molecule has 2 aromatic rings. The Morgan fingerprint density at radius 2 is 1.96 bits per heavy atom. The summed E-state index contributed by atoms with van der Waals surface area (Å²) in [6.45, 7) is 4.50. The summed E-state index contributed by atoms with van der Waals surface area (Å²) in [7, 11) is 0. The summed E-state index contributed by atoms with van der Waals surface area (Å²) in [6, 6.07) is 9.48. The Labute approximate surface area is 160 Å². The second-order valence-corrected chi connectivity index (χ2v) is 7.57. The molecule has 0 saturated carbocycles. The Kier molecular flexibility index (Phi) is 5.55. The van der Waals surface area contributed by atoms with E-state index in [-0.39, 0.29) is 11.4 Å². The average molecular weight is 368 g/mol. The average Bonchev–Trinajstić information content (AvgIpc) is 3.28. The second-order valence-electron chi connectivity index (χ2n) is 7.57. The zero-order chi connectivity index (χ0) is 18.5.